The van der Waals surface area contributed by atoms with Crippen LogP contribution in [0.4, 0.5) is 5.69 Å². The first kappa shape index (κ1) is 14.8. The van der Waals surface area contributed by atoms with E-state index in [4.69, 9.17) is 5.21 Å². The molecule has 3 aromatic rings. The van der Waals surface area contributed by atoms with Crippen molar-refractivity contribution >= 4 is 28.2 Å². The molecule has 0 spiro atoms. The molecule has 24 heavy (non-hydrogen) atoms. The minimum atomic E-state index is -0.956. The number of quaternary nitrogens is 1. The van der Waals surface area contributed by atoms with Crippen LogP contribution in [0.3, 0.4) is 0 Å². The van der Waals surface area contributed by atoms with Gasteiger partial charge in [-0.05, 0) is 35.8 Å². The number of aromatic nitrogens is 2. The number of nitrogens with zero attached hydrogens (tertiary/aromatic N) is 2. The molecule has 2 heterocycles. The smallest absolute Gasteiger partial charge is 0.261 e. The predicted octanol–water partition coefficient (Wildman–Crippen LogP) is 1.74. The van der Waals surface area contributed by atoms with Crippen LogP contribution in [0.1, 0.15) is 17.8 Å². The van der Waals surface area contributed by atoms with Crippen molar-refractivity contribution in [2.24, 2.45) is 0 Å². The van der Waals surface area contributed by atoms with Gasteiger partial charge in [0.1, 0.15) is 5.82 Å². The number of allylic oxidation sites excluding steroid dienone is 1. The van der Waals surface area contributed by atoms with Gasteiger partial charge in [0, 0.05) is 18.7 Å². The average Bonchev–Trinajstić information content (AvgIpc) is 2.98. The van der Waals surface area contributed by atoms with E-state index in [1.807, 2.05) is 30.3 Å². The Morgan fingerprint density at radius 2 is 2.04 bits per heavy atom. The molecule has 0 amide bonds. The Balaban J connectivity index is 1.84. The maximum atomic E-state index is 12.6. The highest BCUT2D eigenvalue weighted by atomic mass is 16.8. The minimum Gasteiger partial charge on any atom is -0.595 e. The summed E-state index contributed by atoms with van der Waals surface area (Å²) in [7, 11) is 0. The first-order chi connectivity index (χ1) is 11.6. The van der Waals surface area contributed by atoms with Crippen molar-refractivity contribution in [2.45, 2.75) is 13.0 Å². The highest BCUT2D eigenvalue weighted by Gasteiger charge is 2.20. The number of benzene rings is 2. The van der Waals surface area contributed by atoms with Crippen LogP contribution in [0.25, 0.3) is 22.6 Å². The third-order valence-electron chi connectivity index (χ3n) is 4.23. The Labute approximate surface area is 137 Å². The van der Waals surface area contributed by atoms with Gasteiger partial charge in [0.15, 0.2) is 5.69 Å². The zero-order valence-corrected chi connectivity index (χ0v) is 12.8. The van der Waals surface area contributed by atoms with Gasteiger partial charge in [0.2, 0.25) is 0 Å². The molecule has 0 saturated carbocycles. The molecular formula is C18H15N3O3. The zero-order valence-electron chi connectivity index (χ0n) is 12.8. The highest BCUT2D eigenvalue weighted by molar-refractivity contribution is 5.84. The molecule has 2 aromatic carbocycles. The lowest BCUT2D eigenvalue weighted by Gasteiger charge is -2.11. The van der Waals surface area contributed by atoms with E-state index in [2.05, 4.69) is 4.98 Å². The second-order valence-corrected chi connectivity index (χ2v) is 5.76. The number of rotatable bonds is 2. The van der Waals surface area contributed by atoms with Crippen molar-refractivity contribution in [3.63, 3.8) is 0 Å². The maximum Gasteiger partial charge on any atom is 0.261 e. The molecule has 6 nitrogen and oxygen atoms in total. The molecule has 4 rings (SSSR count). The number of hydrogen-bond acceptors (Lipinski definition) is 4. The fourth-order valence-electron chi connectivity index (χ4n) is 3.06. The molecule has 1 aromatic heterocycles. The van der Waals surface area contributed by atoms with Gasteiger partial charge in [0.25, 0.3) is 5.56 Å². The van der Waals surface area contributed by atoms with E-state index >= 15 is 0 Å². The van der Waals surface area contributed by atoms with Gasteiger partial charge >= 0.3 is 0 Å². The van der Waals surface area contributed by atoms with E-state index in [0.717, 1.165) is 11.1 Å². The van der Waals surface area contributed by atoms with Gasteiger partial charge in [-0.15, -0.1) is 0 Å². The van der Waals surface area contributed by atoms with Crippen molar-refractivity contribution in [1.29, 1.82) is 0 Å². The monoisotopic (exact) mass is 321 g/mol. The molecule has 1 aliphatic heterocycles. The molecule has 0 fully saturated rings. The fraction of sp³-hybridized carbons (Fsp3) is 0.111. The SMILES string of the molecule is O=c1c2ccccc2nc2n1CCC2=Cc1cccc([NH+]([O-])O)c1. The zero-order chi connectivity index (χ0) is 16.7. The van der Waals surface area contributed by atoms with Gasteiger partial charge in [0.05, 0.1) is 10.9 Å². The van der Waals surface area contributed by atoms with Crippen LogP contribution in [0, 0.1) is 5.21 Å². The van der Waals surface area contributed by atoms with E-state index < -0.39 is 5.23 Å². The summed E-state index contributed by atoms with van der Waals surface area (Å²) in [5.41, 5.74) is 2.63. The van der Waals surface area contributed by atoms with Gasteiger partial charge in [-0.1, -0.05) is 24.3 Å². The molecule has 6 heteroatoms. The van der Waals surface area contributed by atoms with Crippen molar-refractivity contribution in [2.75, 3.05) is 0 Å². The molecule has 1 aliphatic rings. The molecule has 0 aliphatic carbocycles. The molecule has 1 unspecified atom stereocenters. The molecule has 0 radical (unpaired) electrons. The standard InChI is InChI=1S/C18H15N3O3/c22-18-15-6-1-2-7-16(15)19-17-13(8-9-20(17)18)10-12-4-3-5-14(11-12)21(23)24/h1-7,10-11,21,23H,8-9H2. The summed E-state index contributed by atoms with van der Waals surface area (Å²) in [5, 5.41) is 19.9. The summed E-state index contributed by atoms with van der Waals surface area (Å²) in [6.07, 6.45) is 2.61. The van der Waals surface area contributed by atoms with Crippen molar-refractivity contribution in [1.82, 2.24) is 9.55 Å². The second-order valence-electron chi connectivity index (χ2n) is 5.76. The Morgan fingerprint density at radius 1 is 1.21 bits per heavy atom. The van der Waals surface area contributed by atoms with Gasteiger partial charge in [-0.2, -0.15) is 5.23 Å². The van der Waals surface area contributed by atoms with E-state index in [1.165, 1.54) is 0 Å². The summed E-state index contributed by atoms with van der Waals surface area (Å²) >= 11 is 0. The van der Waals surface area contributed by atoms with Crippen LogP contribution in [-0.2, 0) is 6.54 Å². The first-order valence-electron chi connectivity index (χ1n) is 7.67. The lowest BCUT2D eigenvalue weighted by molar-refractivity contribution is -0.991. The maximum absolute atomic E-state index is 12.6. The van der Waals surface area contributed by atoms with Crippen LogP contribution in [0.15, 0.2) is 53.3 Å². The summed E-state index contributed by atoms with van der Waals surface area (Å²) < 4.78 is 1.69. The number of nitrogens with one attached hydrogen (secondary N) is 1. The van der Waals surface area contributed by atoms with Crippen LogP contribution in [-0.4, -0.2) is 14.8 Å². The second kappa shape index (κ2) is 5.68. The summed E-state index contributed by atoms with van der Waals surface area (Å²) in [5.74, 6) is 0.666. The minimum absolute atomic E-state index is 0.0294. The fourth-order valence-corrected chi connectivity index (χ4v) is 3.06. The van der Waals surface area contributed by atoms with Crippen molar-refractivity contribution in [3.05, 3.63) is 75.5 Å². The number of fused-ring (bicyclic) bond motifs is 2. The topological polar surface area (TPSA) is 82.6 Å². The Kier molecular flexibility index (Phi) is 3.50. The summed E-state index contributed by atoms with van der Waals surface area (Å²) in [6.45, 7) is 0.594. The summed E-state index contributed by atoms with van der Waals surface area (Å²) in [6, 6.07) is 14.1. The van der Waals surface area contributed by atoms with Crippen LogP contribution in [0.5, 0.6) is 0 Å². The van der Waals surface area contributed by atoms with E-state index in [0.29, 0.717) is 29.7 Å². The molecule has 0 saturated heterocycles. The van der Waals surface area contributed by atoms with E-state index in [1.54, 1.807) is 28.8 Å². The molecule has 1 atom stereocenters. The summed E-state index contributed by atoms with van der Waals surface area (Å²) in [4.78, 5) is 17.2. The molecular weight excluding hydrogens is 306 g/mol. The molecule has 2 N–H and O–H groups in total. The molecule has 120 valence electrons. The van der Waals surface area contributed by atoms with Gasteiger partial charge in [-0.25, -0.2) is 10.2 Å². The highest BCUT2D eigenvalue weighted by Crippen LogP contribution is 2.27. The van der Waals surface area contributed by atoms with Crippen LogP contribution >= 0.6 is 0 Å². The van der Waals surface area contributed by atoms with E-state index in [9.17, 15) is 10.0 Å². The lowest BCUT2D eigenvalue weighted by atomic mass is 10.1. The predicted molar refractivity (Wildman–Crippen MR) is 90.7 cm³/mol. The largest absolute Gasteiger partial charge is 0.595 e. The van der Waals surface area contributed by atoms with E-state index in [-0.39, 0.29) is 11.2 Å². The Morgan fingerprint density at radius 3 is 2.88 bits per heavy atom. The third-order valence-corrected chi connectivity index (χ3v) is 4.23. The Hall–Kier alpha value is -2.80. The normalized spacial score (nSPS) is 16.5. The quantitative estimate of drug-likeness (QED) is 0.704. The number of para-hydroxylation sites is 1. The van der Waals surface area contributed by atoms with Crippen molar-refractivity contribution in [3.8, 4) is 0 Å². The van der Waals surface area contributed by atoms with Crippen LogP contribution < -0.4 is 10.8 Å². The average molecular weight is 321 g/mol. The lowest BCUT2D eigenvalue weighted by Crippen LogP contribution is -2.99. The third kappa shape index (κ3) is 2.43. The Bertz CT molecular complexity index is 1020. The van der Waals surface area contributed by atoms with Gasteiger partial charge < -0.3 is 5.21 Å². The van der Waals surface area contributed by atoms with Gasteiger partial charge in [-0.3, -0.25) is 9.36 Å². The molecule has 0 bridgehead atoms. The number of hydrogen-bond donors (Lipinski definition) is 2. The first-order valence-corrected chi connectivity index (χ1v) is 7.67. The van der Waals surface area contributed by atoms with Crippen molar-refractivity contribution < 1.29 is 10.4 Å². The van der Waals surface area contributed by atoms with Crippen LogP contribution in [0.2, 0.25) is 0 Å².